The average molecular weight is 292 g/mol. The fraction of sp³-hybridized carbons (Fsp3) is 0.0769. The first-order valence-corrected chi connectivity index (χ1v) is 7.19. The van der Waals surface area contributed by atoms with Crippen LogP contribution < -0.4 is 5.32 Å². The molecule has 0 atom stereocenters. The summed E-state index contributed by atoms with van der Waals surface area (Å²) in [6.45, 7) is 2.01. The average Bonchev–Trinajstić information content (AvgIpc) is 2.89. The third kappa shape index (κ3) is 2.50. The van der Waals surface area contributed by atoms with E-state index in [-0.39, 0.29) is 11.7 Å². The Morgan fingerprint density at radius 1 is 1.26 bits per heavy atom. The first-order chi connectivity index (χ1) is 9.11. The normalized spacial score (nSPS) is 10.8. The minimum atomic E-state index is -0.330. The second-order valence-electron chi connectivity index (χ2n) is 4.01. The summed E-state index contributed by atoms with van der Waals surface area (Å²) >= 11 is 2.99. The Morgan fingerprint density at radius 3 is 2.68 bits per heavy atom. The highest BCUT2D eigenvalue weighted by molar-refractivity contribution is 7.38. The molecular weight excluding hydrogens is 283 g/mol. The van der Waals surface area contributed by atoms with Gasteiger partial charge in [0.05, 0.1) is 5.52 Å². The van der Waals surface area contributed by atoms with E-state index in [1.54, 1.807) is 11.3 Å². The largest absolute Gasteiger partial charge is 0.320 e. The van der Waals surface area contributed by atoms with Gasteiger partial charge in [-0.25, -0.2) is 9.37 Å². The van der Waals surface area contributed by atoms with Crippen LogP contribution in [0.3, 0.4) is 0 Å². The summed E-state index contributed by atoms with van der Waals surface area (Å²) in [6.07, 6.45) is 0. The van der Waals surface area contributed by atoms with Crippen molar-refractivity contribution in [1.29, 1.82) is 0 Å². The Balaban J connectivity index is 1.83. The smallest absolute Gasteiger partial charge is 0.284 e. The fourth-order valence-electron chi connectivity index (χ4n) is 1.67. The van der Waals surface area contributed by atoms with Crippen LogP contribution in [0.15, 0.2) is 30.3 Å². The highest BCUT2D eigenvalue weighted by Crippen LogP contribution is 2.30. The summed E-state index contributed by atoms with van der Waals surface area (Å²) in [5.74, 6) is -0.596. The molecule has 0 aliphatic rings. The predicted molar refractivity (Wildman–Crippen MR) is 76.6 cm³/mol. The summed E-state index contributed by atoms with van der Waals surface area (Å²) in [7, 11) is 0. The third-order valence-electron chi connectivity index (χ3n) is 2.51. The molecule has 0 saturated heterocycles. The molecule has 6 heteroatoms. The first-order valence-electron chi connectivity index (χ1n) is 5.56. The summed E-state index contributed by atoms with van der Waals surface area (Å²) in [5, 5.41) is 3.12. The Bertz CT molecular complexity index is 714. The van der Waals surface area contributed by atoms with E-state index < -0.39 is 0 Å². The number of thiophene rings is 1. The van der Waals surface area contributed by atoms with Crippen LogP contribution in [0.2, 0.25) is 0 Å². The molecule has 0 aliphatic heterocycles. The van der Waals surface area contributed by atoms with Crippen molar-refractivity contribution in [2.45, 2.75) is 6.92 Å². The summed E-state index contributed by atoms with van der Waals surface area (Å²) in [5.41, 5.74) is 1.41. The number of aryl methyl sites for hydroxylation is 1. The van der Waals surface area contributed by atoms with Crippen LogP contribution in [0.1, 0.15) is 14.7 Å². The number of thiazole rings is 1. The Hall–Kier alpha value is -1.79. The molecule has 0 saturated carbocycles. The molecule has 1 aromatic carbocycles. The van der Waals surface area contributed by atoms with E-state index in [1.165, 1.54) is 40.5 Å². The van der Waals surface area contributed by atoms with Gasteiger partial charge in [-0.15, -0.1) is 11.3 Å². The monoisotopic (exact) mass is 292 g/mol. The van der Waals surface area contributed by atoms with Gasteiger partial charge in [0.1, 0.15) is 9.83 Å². The number of nitrogens with one attached hydrogen (secondary N) is 1. The number of amides is 1. The van der Waals surface area contributed by atoms with E-state index >= 15 is 0 Å². The maximum absolute atomic E-state index is 12.8. The van der Waals surface area contributed by atoms with Gasteiger partial charge < -0.3 is 5.32 Å². The summed E-state index contributed by atoms with van der Waals surface area (Å²) in [4.78, 5) is 17.5. The van der Waals surface area contributed by atoms with Gasteiger partial charge >= 0.3 is 0 Å². The molecule has 3 aromatic rings. The quantitative estimate of drug-likeness (QED) is 0.774. The number of benzene rings is 1. The van der Waals surface area contributed by atoms with Crippen LogP contribution in [0, 0.1) is 12.7 Å². The van der Waals surface area contributed by atoms with Crippen molar-refractivity contribution in [2.24, 2.45) is 0 Å². The van der Waals surface area contributed by atoms with Crippen molar-refractivity contribution in [3.8, 4) is 0 Å². The molecule has 96 valence electrons. The lowest BCUT2D eigenvalue weighted by Crippen LogP contribution is -2.11. The van der Waals surface area contributed by atoms with E-state index in [9.17, 15) is 9.18 Å². The number of fused-ring (bicyclic) bond motifs is 1. The molecule has 19 heavy (non-hydrogen) atoms. The highest BCUT2D eigenvalue weighted by Gasteiger charge is 2.14. The van der Waals surface area contributed by atoms with Crippen LogP contribution >= 0.6 is 22.7 Å². The molecule has 3 nitrogen and oxygen atoms in total. The van der Waals surface area contributed by atoms with Gasteiger partial charge in [-0.3, -0.25) is 4.79 Å². The maximum atomic E-state index is 12.8. The van der Waals surface area contributed by atoms with Crippen molar-refractivity contribution in [2.75, 3.05) is 5.32 Å². The van der Waals surface area contributed by atoms with Gasteiger partial charge in [-0.2, -0.15) is 0 Å². The lowest BCUT2D eigenvalue weighted by atomic mass is 10.3. The van der Waals surface area contributed by atoms with Gasteiger partial charge in [0.15, 0.2) is 5.01 Å². The van der Waals surface area contributed by atoms with E-state index in [1.807, 2.05) is 13.0 Å². The van der Waals surface area contributed by atoms with Crippen molar-refractivity contribution in [3.05, 3.63) is 46.0 Å². The molecule has 2 heterocycles. The van der Waals surface area contributed by atoms with Gasteiger partial charge in [-0.05, 0) is 37.3 Å². The number of carbonyl (C=O) groups excluding carboxylic acids is 1. The lowest BCUT2D eigenvalue weighted by Gasteiger charge is -2.01. The topological polar surface area (TPSA) is 42.0 Å². The Morgan fingerprint density at radius 2 is 2.00 bits per heavy atom. The van der Waals surface area contributed by atoms with Crippen molar-refractivity contribution >= 4 is 43.8 Å². The molecule has 1 amide bonds. The zero-order chi connectivity index (χ0) is 13.4. The van der Waals surface area contributed by atoms with Crippen molar-refractivity contribution in [1.82, 2.24) is 4.98 Å². The lowest BCUT2D eigenvalue weighted by molar-refractivity contribution is 0.102. The molecule has 0 aliphatic carbocycles. The zero-order valence-electron chi connectivity index (χ0n) is 9.94. The molecule has 3 rings (SSSR count). The fourth-order valence-corrected chi connectivity index (χ4v) is 3.81. The van der Waals surface area contributed by atoms with Gasteiger partial charge in [0, 0.05) is 10.6 Å². The standard InChI is InChI=1S/C13H9FN2OS2/c1-7-6-10-13(18-7)19-12(16-10)11(17)15-9-4-2-8(14)3-5-9/h2-6H,1H3,(H,15,17). The Kier molecular flexibility index (Phi) is 3.04. The van der Waals surface area contributed by atoms with E-state index in [0.29, 0.717) is 10.7 Å². The van der Waals surface area contributed by atoms with Crippen molar-refractivity contribution < 1.29 is 9.18 Å². The second-order valence-corrected chi connectivity index (χ2v) is 6.52. The number of hydrogen-bond donors (Lipinski definition) is 1. The van der Waals surface area contributed by atoms with E-state index in [0.717, 1.165) is 9.53 Å². The van der Waals surface area contributed by atoms with Crippen LogP contribution in [-0.2, 0) is 0 Å². The molecule has 0 radical (unpaired) electrons. The predicted octanol–water partition coefficient (Wildman–Crippen LogP) is 4.06. The molecule has 0 spiro atoms. The van der Waals surface area contributed by atoms with Crippen LogP contribution in [0.5, 0.6) is 0 Å². The van der Waals surface area contributed by atoms with Gasteiger partial charge in [0.2, 0.25) is 0 Å². The third-order valence-corrected chi connectivity index (χ3v) is 4.71. The molecule has 0 unspecified atom stereocenters. The number of aromatic nitrogens is 1. The number of nitrogens with zero attached hydrogens (tertiary/aromatic N) is 1. The minimum Gasteiger partial charge on any atom is -0.320 e. The summed E-state index contributed by atoms with van der Waals surface area (Å²) < 4.78 is 13.8. The van der Waals surface area contributed by atoms with E-state index in [2.05, 4.69) is 10.3 Å². The number of carbonyl (C=O) groups is 1. The van der Waals surface area contributed by atoms with Crippen LogP contribution in [-0.4, -0.2) is 10.9 Å². The number of anilines is 1. The van der Waals surface area contributed by atoms with Gasteiger partial charge in [-0.1, -0.05) is 11.3 Å². The summed E-state index contributed by atoms with van der Waals surface area (Å²) in [6, 6.07) is 7.62. The minimum absolute atomic E-state index is 0.266. The molecule has 0 bridgehead atoms. The van der Waals surface area contributed by atoms with E-state index in [4.69, 9.17) is 0 Å². The molecule has 2 aromatic heterocycles. The molecule has 1 N–H and O–H groups in total. The number of rotatable bonds is 2. The highest BCUT2D eigenvalue weighted by atomic mass is 32.2. The Labute approximate surface area is 116 Å². The number of halogens is 1. The van der Waals surface area contributed by atoms with Gasteiger partial charge in [0.25, 0.3) is 5.91 Å². The van der Waals surface area contributed by atoms with Crippen LogP contribution in [0.25, 0.3) is 9.53 Å². The van der Waals surface area contributed by atoms with Crippen LogP contribution in [0.4, 0.5) is 10.1 Å². The molecule has 0 fully saturated rings. The molecular formula is C13H9FN2OS2. The van der Waals surface area contributed by atoms with Crippen molar-refractivity contribution in [3.63, 3.8) is 0 Å². The zero-order valence-corrected chi connectivity index (χ0v) is 11.6. The SMILES string of the molecule is Cc1cc2nc(C(=O)Nc3ccc(F)cc3)sc2s1. The first kappa shape index (κ1) is 12.3. The maximum Gasteiger partial charge on any atom is 0.284 e. The number of hydrogen-bond acceptors (Lipinski definition) is 4. The second kappa shape index (κ2) is 4.71.